The molecule has 1 amide bonds. The lowest BCUT2D eigenvalue weighted by Gasteiger charge is -2.16. The molecule has 0 saturated carbocycles. The van der Waals surface area contributed by atoms with Crippen LogP contribution in [0.1, 0.15) is 22.8 Å². The van der Waals surface area contributed by atoms with Crippen LogP contribution in [-0.4, -0.2) is 30.3 Å². The van der Waals surface area contributed by atoms with E-state index in [-0.39, 0.29) is 18.1 Å². The number of ether oxygens (including phenoxy) is 1. The topological polar surface area (TPSA) is 72.5 Å². The van der Waals surface area contributed by atoms with Gasteiger partial charge in [0.25, 0.3) is 0 Å². The van der Waals surface area contributed by atoms with Crippen molar-refractivity contribution in [3.63, 3.8) is 0 Å². The number of carbonyl (C=O) groups excluding carboxylic acids is 3. The Morgan fingerprint density at radius 3 is 2.28 bits per heavy atom. The molecule has 0 unspecified atom stereocenters. The van der Waals surface area contributed by atoms with Gasteiger partial charge in [-0.3, -0.25) is 9.59 Å². The standard InChI is InChI=1S/C19H18ClNO4/c1-13(22)21-17(11-14-5-3-2-4-6-14)19(24)25-12-18(23)15-7-9-16(20)10-8-15/h2-10,17H,11-12H2,1H3,(H,21,22)/t17-/m0/s1. The fraction of sp³-hybridized carbons (Fsp3) is 0.211. The van der Waals surface area contributed by atoms with Crippen molar-refractivity contribution in [3.8, 4) is 0 Å². The van der Waals surface area contributed by atoms with E-state index in [0.717, 1.165) is 5.56 Å². The zero-order valence-electron chi connectivity index (χ0n) is 13.7. The second-order valence-electron chi connectivity index (χ2n) is 5.48. The fourth-order valence-electron chi connectivity index (χ4n) is 2.24. The number of benzene rings is 2. The van der Waals surface area contributed by atoms with Crippen LogP contribution >= 0.6 is 11.6 Å². The number of halogens is 1. The van der Waals surface area contributed by atoms with E-state index in [1.54, 1.807) is 24.3 Å². The minimum atomic E-state index is -0.849. The summed E-state index contributed by atoms with van der Waals surface area (Å²) in [5, 5.41) is 3.07. The molecule has 2 rings (SSSR count). The summed E-state index contributed by atoms with van der Waals surface area (Å²) in [7, 11) is 0. The Labute approximate surface area is 150 Å². The van der Waals surface area contributed by atoms with E-state index in [4.69, 9.17) is 16.3 Å². The van der Waals surface area contributed by atoms with Crippen molar-refractivity contribution in [1.82, 2.24) is 5.32 Å². The molecule has 0 bridgehead atoms. The van der Waals surface area contributed by atoms with Crippen molar-refractivity contribution in [2.45, 2.75) is 19.4 Å². The summed E-state index contributed by atoms with van der Waals surface area (Å²) >= 11 is 5.77. The van der Waals surface area contributed by atoms with Gasteiger partial charge in [0, 0.05) is 23.9 Å². The summed E-state index contributed by atoms with van der Waals surface area (Å²) in [5.74, 6) is -1.34. The third-order valence-corrected chi connectivity index (χ3v) is 3.71. The minimum absolute atomic E-state index is 0.286. The van der Waals surface area contributed by atoms with E-state index in [2.05, 4.69) is 5.32 Å². The number of esters is 1. The molecule has 2 aromatic rings. The molecule has 0 aliphatic heterocycles. The van der Waals surface area contributed by atoms with E-state index in [0.29, 0.717) is 10.6 Å². The fourth-order valence-corrected chi connectivity index (χ4v) is 2.37. The van der Waals surface area contributed by atoms with Crippen molar-refractivity contribution in [2.24, 2.45) is 0 Å². The van der Waals surface area contributed by atoms with Gasteiger partial charge in [-0.2, -0.15) is 0 Å². The lowest BCUT2D eigenvalue weighted by atomic mass is 10.1. The van der Waals surface area contributed by atoms with Crippen molar-refractivity contribution in [2.75, 3.05) is 6.61 Å². The molecule has 0 heterocycles. The van der Waals surface area contributed by atoms with Crippen LogP contribution in [0.15, 0.2) is 54.6 Å². The van der Waals surface area contributed by atoms with E-state index < -0.39 is 18.6 Å². The molecule has 1 atom stereocenters. The average Bonchev–Trinajstić information content (AvgIpc) is 2.60. The van der Waals surface area contributed by atoms with Crippen molar-refractivity contribution >= 4 is 29.3 Å². The lowest BCUT2D eigenvalue weighted by Crippen LogP contribution is -2.42. The number of nitrogens with one attached hydrogen (secondary N) is 1. The van der Waals surface area contributed by atoms with Gasteiger partial charge in [-0.25, -0.2) is 4.79 Å². The number of amides is 1. The maximum absolute atomic E-state index is 12.3. The Morgan fingerprint density at radius 1 is 1.04 bits per heavy atom. The van der Waals surface area contributed by atoms with Crippen molar-refractivity contribution in [3.05, 3.63) is 70.7 Å². The highest BCUT2D eigenvalue weighted by atomic mass is 35.5. The maximum Gasteiger partial charge on any atom is 0.329 e. The van der Waals surface area contributed by atoms with Gasteiger partial charge in [0.15, 0.2) is 12.4 Å². The highest BCUT2D eigenvalue weighted by molar-refractivity contribution is 6.30. The SMILES string of the molecule is CC(=O)N[C@@H](Cc1ccccc1)C(=O)OCC(=O)c1ccc(Cl)cc1. The molecule has 25 heavy (non-hydrogen) atoms. The molecule has 1 N–H and O–H groups in total. The minimum Gasteiger partial charge on any atom is -0.456 e. The third kappa shape index (κ3) is 6.04. The van der Waals surface area contributed by atoms with Gasteiger partial charge < -0.3 is 10.1 Å². The van der Waals surface area contributed by atoms with Gasteiger partial charge in [0.2, 0.25) is 5.91 Å². The van der Waals surface area contributed by atoms with E-state index >= 15 is 0 Å². The molecule has 0 spiro atoms. The van der Waals surface area contributed by atoms with Gasteiger partial charge in [0.1, 0.15) is 6.04 Å². The highest BCUT2D eigenvalue weighted by Gasteiger charge is 2.22. The van der Waals surface area contributed by atoms with Crippen LogP contribution < -0.4 is 5.32 Å². The number of ketones is 1. The Hall–Kier alpha value is -2.66. The number of hydrogen-bond donors (Lipinski definition) is 1. The molecule has 6 heteroatoms. The molecule has 5 nitrogen and oxygen atoms in total. The van der Waals surface area contributed by atoms with Crippen LogP contribution in [0.2, 0.25) is 5.02 Å². The normalized spacial score (nSPS) is 11.4. The summed E-state index contributed by atoms with van der Waals surface area (Å²) < 4.78 is 5.09. The molecule has 130 valence electrons. The van der Waals surface area contributed by atoms with Gasteiger partial charge in [-0.15, -0.1) is 0 Å². The summed E-state index contributed by atoms with van der Waals surface area (Å²) in [6.45, 7) is 0.926. The van der Waals surface area contributed by atoms with Gasteiger partial charge in [-0.05, 0) is 29.8 Å². The van der Waals surface area contributed by atoms with E-state index in [9.17, 15) is 14.4 Å². The maximum atomic E-state index is 12.3. The molecule has 0 fully saturated rings. The molecule has 0 aromatic heterocycles. The molecule has 0 aliphatic carbocycles. The number of Topliss-reactive ketones (excluding diaryl/α,β-unsaturated/α-hetero) is 1. The summed E-state index contributed by atoms with van der Waals surface area (Å²) in [6, 6.07) is 14.7. The largest absolute Gasteiger partial charge is 0.456 e. The van der Waals surface area contributed by atoms with Crippen LogP contribution in [0, 0.1) is 0 Å². The third-order valence-electron chi connectivity index (χ3n) is 3.46. The van der Waals surface area contributed by atoms with Crippen molar-refractivity contribution in [1.29, 1.82) is 0 Å². The summed E-state index contributed by atoms with van der Waals surface area (Å²) in [4.78, 5) is 35.7. The average molecular weight is 360 g/mol. The first-order valence-corrected chi connectivity index (χ1v) is 8.10. The van der Waals surface area contributed by atoms with E-state index in [1.165, 1.54) is 6.92 Å². The second kappa shape index (κ2) is 8.99. The first-order valence-electron chi connectivity index (χ1n) is 7.72. The lowest BCUT2D eigenvalue weighted by molar-refractivity contribution is -0.146. The number of carbonyl (C=O) groups is 3. The van der Waals surface area contributed by atoms with Crippen LogP contribution in [0.4, 0.5) is 0 Å². The molecule has 0 radical (unpaired) electrons. The van der Waals surface area contributed by atoms with Crippen LogP contribution in [0.25, 0.3) is 0 Å². The number of rotatable bonds is 7. The molecule has 0 saturated heterocycles. The van der Waals surface area contributed by atoms with Crippen molar-refractivity contribution < 1.29 is 19.1 Å². The molecule has 0 aliphatic rings. The Kier molecular flexibility index (Phi) is 6.71. The number of hydrogen-bond acceptors (Lipinski definition) is 4. The molecule has 2 aromatic carbocycles. The first kappa shape index (κ1) is 18.7. The van der Waals surface area contributed by atoms with Crippen LogP contribution in [0.3, 0.4) is 0 Å². The predicted molar refractivity (Wildman–Crippen MR) is 94.5 cm³/mol. The van der Waals surface area contributed by atoms with Gasteiger partial charge in [0.05, 0.1) is 0 Å². The Morgan fingerprint density at radius 2 is 1.68 bits per heavy atom. The summed E-state index contributed by atoms with van der Waals surface area (Å²) in [6.07, 6.45) is 0.286. The zero-order valence-corrected chi connectivity index (χ0v) is 14.5. The van der Waals surface area contributed by atoms with Gasteiger partial charge in [-0.1, -0.05) is 41.9 Å². The Balaban J connectivity index is 1.97. The zero-order chi connectivity index (χ0) is 18.2. The second-order valence-corrected chi connectivity index (χ2v) is 5.92. The monoisotopic (exact) mass is 359 g/mol. The smallest absolute Gasteiger partial charge is 0.329 e. The van der Waals surface area contributed by atoms with Crippen LogP contribution in [-0.2, 0) is 20.7 Å². The Bertz CT molecular complexity index is 744. The highest BCUT2D eigenvalue weighted by Crippen LogP contribution is 2.10. The molecular weight excluding hydrogens is 342 g/mol. The van der Waals surface area contributed by atoms with E-state index in [1.807, 2.05) is 30.3 Å². The summed E-state index contributed by atoms with van der Waals surface area (Å²) in [5.41, 5.74) is 1.28. The predicted octanol–water partition coefficient (Wildman–Crippen LogP) is 2.81. The quantitative estimate of drug-likeness (QED) is 0.609. The van der Waals surface area contributed by atoms with Crippen LogP contribution in [0.5, 0.6) is 0 Å². The molecular formula is C19H18ClNO4. The van der Waals surface area contributed by atoms with Gasteiger partial charge >= 0.3 is 5.97 Å². The first-order chi connectivity index (χ1) is 12.0.